The van der Waals surface area contributed by atoms with Crippen LogP contribution in [0.2, 0.25) is 12.1 Å². The molecule has 1 unspecified atom stereocenters. The van der Waals surface area contributed by atoms with Gasteiger partial charge in [-0.25, -0.2) is 0 Å². The number of hydrogen-bond acceptors (Lipinski definition) is 1. The minimum Gasteiger partial charge on any atom is -0.488 e. The maximum atomic E-state index is 6.60. The summed E-state index contributed by atoms with van der Waals surface area (Å²) in [6.07, 6.45) is 1.85. The molecule has 1 nitrogen and oxygen atoms in total. The van der Waals surface area contributed by atoms with Gasteiger partial charge in [-0.2, -0.15) is 0 Å². The maximum absolute atomic E-state index is 6.60. The molecule has 0 aliphatic heterocycles. The van der Waals surface area contributed by atoms with E-state index in [-0.39, 0.29) is 0 Å². The third-order valence-electron chi connectivity index (χ3n) is 9.19. The van der Waals surface area contributed by atoms with Crippen molar-refractivity contribution >= 4 is 19.6 Å². The number of benzene rings is 6. The highest BCUT2D eigenvalue weighted by Crippen LogP contribution is 2.55. The molecular formula is C42H37OSi. The fourth-order valence-corrected chi connectivity index (χ4v) is 9.84. The molecule has 215 valence electrons. The Morgan fingerprint density at radius 2 is 1.27 bits per heavy atom. The number of hydrogen-bond donors (Lipinski definition) is 0. The van der Waals surface area contributed by atoms with Gasteiger partial charge in [0.1, 0.15) is 12.4 Å². The van der Waals surface area contributed by atoms with Gasteiger partial charge in [0.05, 0.1) is 8.80 Å². The van der Waals surface area contributed by atoms with Gasteiger partial charge in [-0.05, 0) is 61.5 Å². The predicted octanol–water partition coefficient (Wildman–Crippen LogP) is 11.6. The molecule has 1 atom stereocenters. The molecule has 1 aliphatic carbocycles. The lowest BCUT2D eigenvalue weighted by molar-refractivity contribution is 0.369. The largest absolute Gasteiger partial charge is 0.488 e. The van der Waals surface area contributed by atoms with Gasteiger partial charge < -0.3 is 4.74 Å². The molecule has 6 aromatic rings. The van der Waals surface area contributed by atoms with Crippen LogP contribution in [0.25, 0.3) is 55.3 Å². The standard InChI is InChI=1S/C42H37OSi/c1-4-27-43-41-34-20-14-13-19-31(34)21-24-37(41)39-33(30-17-11-8-12-18-30)25-26-36-35-23-22-32(29-15-9-7-10-16-29)28-38(35)42(40(36)39)44(5-2)6-3/h4,7-26,28,42H,1,5-6,27H2,2-3H3. The van der Waals surface area contributed by atoms with Gasteiger partial charge >= 0.3 is 0 Å². The first-order valence-electron chi connectivity index (χ1n) is 15.8. The second-order valence-electron chi connectivity index (χ2n) is 11.5. The molecule has 44 heavy (non-hydrogen) atoms. The SMILES string of the molecule is C=CCOc1c(-c2c(-c3ccccc3)ccc3c2C([Si](CC)CC)c2cc(-c4ccccc4)ccc2-3)ccc2ccccc12. The summed E-state index contributed by atoms with van der Waals surface area (Å²) in [6.45, 7) is 9.23. The number of rotatable bonds is 9. The molecule has 0 heterocycles. The van der Waals surface area contributed by atoms with Crippen LogP contribution in [0, 0.1) is 0 Å². The number of fused-ring (bicyclic) bond motifs is 4. The molecular weight excluding hydrogens is 549 g/mol. The van der Waals surface area contributed by atoms with Crippen molar-refractivity contribution in [3.05, 3.63) is 151 Å². The Hall–Kier alpha value is -4.66. The van der Waals surface area contributed by atoms with Crippen LogP contribution in [0.5, 0.6) is 5.75 Å². The van der Waals surface area contributed by atoms with Crippen molar-refractivity contribution in [3.8, 4) is 50.3 Å². The van der Waals surface area contributed by atoms with Crippen molar-refractivity contribution in [2.24, 2.45) is 0 Å². The first-order valence-corrected chi connectivity index (χ1v) is 17.7. The normalized spacial score (nSPS) is 13.6. The van der Waals surface area contributed by atoms with E-state index in [1.165, 1.54) is 67.5 Å². The van der Waals surface area contributed by atoms with Gasteiger partial charge in [0, 0.05) is 16.5 Å². The van der Waals surface area contributed by atoms with Crippen molar-refractivity contribution < 1.29 is 4.74 Å². The van der Waals surface area contributed by atoms with Crippen LogP contribution < -0.4 is 4.74 Å². The van der Waals surface area contributed by atoms with E-state index >= 15 is 0 Å². The molecule has 0 spiro atoms. The Bertz CT molecular complexity index is 1950. The zero-order valence-corrected chi connectivity index (χ0v) is 26.5. The van der Waals surface area contributed by atoms with E-state index in [0.29, 0.717) is 12.1 Å². The van der Waals surface area contributed by atoms with E-state index < -0.39 is 8.80 Å². The molecule has 1 radical (unpaired) electrons. The van der Waals surface area contributed by atoms with Crippen molar-refractivity contribution in [3.63, 3.8) is 0 Å². The average Bonchev–Trinajstić information content (AvgIpc) is 3.42. The first-order chi connectivity index (χ1) is 21.7. The van der Waals surface area contributed by atoms with Crippen LogP contribution >= 0.6 is 0 Å². The molecule has 0 N–H and O–H groups in total. The summed E-state index contributed by atoms with van der Waals surface area (Å²) in [5, 5.41) is 2.32. The molecule has 0 fully saturated rings. The molecule has 1 aliphatic rings. The molecule has 0 bridgehead atoms. The summed E-state index contributed by atoms with van der Waals surface area (Å²) < 4.78 is 6.60. The monoisotopic (exact) mass is 585 g/mol. The smallest absolute Gasteiger partial charge is 0.135 e. The zero-order valence-electron chi connectivity index (χ0n) is 25.5. The van der Waals surface area contributed by atoms with E-state index in [0.717, 1.165) is 16.7 Å². The summed E-state index contributed by atoms with van der Waals surface area (Å²) in [5.41, 5.74) is 13.6. The van der Waals surface area contributed by atoms with Crippen LogP contribution in [-0.2, 0) is 0 Å². The second kappa shape index (κ2) is 12.1. The quantitative estimate of drug-likeness (QED) is 0.121. The molecule has 7 rings (SSSR count). The zero-order chi connectivity index (χ0) is 30.0. The van der Waals surface area contributed by atoms with Crippen LogP contribution in [0.3, 0.4) is 0 Å². The summed E-state index contributed by atoms with van der Waals surface area (Å²) in [6, 6.07) is 49.2. The number of ether oxygens (including phenoxy) is 1. The minimum absolute atomic E-state index is 0.376. The Balaban J connectivity index is 1.57. The highest BCUT2D eigenvalue weighted by atomic mass is 28.3. The molecule has 6 aromatic carbocycles. The highest BCUT2D eigenvalue weighted by Gasteiger charge is 2.38. The Morgan fingerprint density at radius 1 is 0.636 bits per heavy atom. The van der Waals surface area contributed by atoms with E-state index in [1.807, 2.05) is 6.08 Å². The Morgan fingerprint density at radius 3 is 2.00 bits per heavy atom. The van der Waals surface area contributed by atoms with E-state index in [9.17, 15) is 0 Å². The van der Waals surface area contributed by atoms with Gasteiger partial charge in [0.15, 0.2) is 0 Å². The van der Waals surface area contributed by atoms with Crippen molar-refractivity contribution in [1.29, 1.82) is 0 Å². The maximum Gasteiger partial charge on any atom is 0.135 e. The van der Waals surface area contributed by atoms with Crippen molar-refractivity contribution in [2.45, 2.75) is 31.5 Å². The third-order valence-corrected chi connectivity index (χ3v) is 12.4. The van der Waals surface area contributed by atoms with Crippen LogP contribution in [-0.4, -0.2) is 15.4 Å². The molecule has 2 heteroatoms. The fraction of sp³-hybridized carbons (Fsp3) is 0.143. The molecule has 0 aromatic heterocycles. The Kier molecular flexibility index (Phi) is 7.76. The fourth-order valence-electron chi connectivity index (χ4n) is 7.14. The topological polar surface area (TPSA) is 9.23 Å². The molecule has 0 saturated carbocycles. The van der Waals surface area contributed by atoms with Crippen molar-refractivity contribution in [2.75, 3.05) is 6.61 Å². The lowest BCUT2D eigenvalue weighted by Gasteiger charge is -2.27. The molecule has 0 amide bonds. The van der Waals surface area contributed by atoms with Gasteiger partial charge in [-0.3, -0.25) is 0 Å². The van der Waals surface area contributed by atoms with Gasteiger partial charge in [-0.1, -0.05) is 160 Å². The van der Waals surface area contributed by atoms with Crippen molar-refractivity contribution in [1.82, 2.24) is 0 Å². The van der Waals surface area contributed by atoms with Gasteiger partial charge in [0.2, 0.25) is 0 Å². The van der Waals surface area contributed by atoms with Crippen LogP contribution in [0.1, 0.15) is 30.5 Å². The predicted molar refractivity (Wildman–Crippen MR) is 190 cm³/mol. The second-order valence-corrected chi connectivity index (χ2v) is 14.9. The highest BCUT2D eigenvalue weighted by molar-refractivity contribution is 6.62. The average molecular weight is 586 g/mol. The van der Waals surface area contributed by atoms with E-state index in [2.05, 4.69) is 148 Å². The van der Waals surface area contributed by atoms with Gasteiger partial charge in [-0.15, -0.1) is 0 Å². The summed E-state index contributed by atoms with van der Waals surface area (Å²) in [7, 11) is -0.778. The summed E-state index contributed by atoms with van der Waals surface area (Å²) in [5.74, 6) is 0.940. The first kappa shape index (κ1) is 28.1. The van der Waals surface area contributed by atoms with Crippen LogP contribution in [0.15, 0.2) is 140 Å². The third kappa shape index (κ3) is 4.80. The van der Waals surface area contributed by atoms with E-state index in [1.54, 1.807) is 0 Å². The van der Waals surface area contributed by atoms with E-state index in [4.69, 9.17) is 4.74 Å². The summed E-state index contributed by atoms with van der Waals surface area (Å²) >= 11 is 0. The lowest BCUT2D eigenvalue weighted by atomic mass is 9.86. The Labute approximate surface area is 263 Å². The van der Waals surface area contributed by atoms with Crippen LogP contribution in [0.4, 0.5) is 0 Å². The summed E-state index contributed by atoms with van der Waals surface area (Å²) in [4.78, 5) is 0. The van der Waals surface area contributed by atoms with Gasteiger partial charge in [0.25, 0.3) is 0 Å². The molecule has 0 saturated heterocycles. The lowest BCUT2D eigenvalue weighted by Crippen LogP contribution is -2.22. The minimum atomic E-state index is -0.778.